The minimum Gasteiger partial charge on any atom is -0.494 e. The van der Waals surface area contributed by atoms with E-state index in [9.17, 15) is 14.4 Å². The Balaban J connectivity index is 0.000000323. The third-order valence-electron chi connectivity index (χ3n) is 5.22. The molecule has 2 N–H and O–H groups in total. The first-order valence-electron chi connectivity index (χ1n) is 10.4. The highest BCUT2D eigenvalue weighted by molar-refractivity contribution is 7.96. The van der Waals surface area contributed by atoms with Crippen molar-refractivity contribution in [3.05, 3.63) is 40.1 Å². The average molecular weight is 493 g/mol. The number of aryl methyl sites for hydroxylation is 1. The first-order chi connectivity index (χ1) is 15.9. The summed E-state index contributed by atoms with van der Waals surface area (Å²) in [6, 6.07) is 9.16. The fraction of sp³-hybridized carbons (Fsp3) is 0.409. The van der Waals surface area contributed by atoms with Crippen molar-refractivity contribution in [3.63, 3.8) is 0 Å². The summed E-state index contributed by atoms with van der Waals surface area (Å²) in [5.74, 6) is 0.561. The molecule has 2 fully saturated rings. The van der Waals surface area contributed by atoms with Crippen molar-refractivity contribution >= 4 is 52.9 Å². The fourth-order valence-corrected chi connectivity index (χ4v) is 4.69. The van der Waals surface area contributed by atoms with E-state index in [0.29, 0.717) is 31.1 Å². The zero-order chi connectivity index (χ0) is 24.0. The lowest BCUT2D eigenvalue weighted by atomic mass is 10.2. The van der Waals surface area contributed by atoms with E-state index in [-0.39, 0.29) is 18.6 Å². The van der Waals surface area contributed by atoms with Crippen LogP contribution in [0.5, 0.6) is 5.75 Å². The molecule has 3 heterocycles. The van der Waals surface area contributed by atoms with Crippen LogP contribution in [-0.4, -0.2) is 74.8 Å². The first kappa shape index (κ1) is 25.0. The van der Waals surface area contributed by atoms with Crippen LogP contribution < -0.4 is 20.3 Å². The monoisotopic (exact) mass is 492 g/mol. The Morgan fingerprint density at radius 3 is 2.55 bits per heavy atom. The molecule has 1 atom stereocenters. The van der Waals surface area contributed by atoms with Crippen LogP contribution >= 0.6 is 23.3 Å². The van der Waals surface area contributed by atoms with Crippen LogP contribution in [-0.2, 0) is 9.53 Å². The number of aldehydes is 1. The molecule has 178 valence electrons. The second kappa shape index (κ2) is 11.5. The first-order valence-corrected chi connectivity index (χ1v) is 12.4. The minimum atomic E-state index is -0.439. The lowest BCUT2D eigenvalue weighted by Gasteiger charge is -2.33. The molecule has 2 saturated heterocycles. The number of carbonyl (C=O) groups is 3. The largest absolute Gasteiger partial charge is 0.494 e. The molecule has 33 heavy (non-hydrogen) atoms. The van der Waals surface area contributed by atoms with Gasteiger partial charge >= 0.3 is 6.09 Å². The van der Waals surface area contributed by atoms with E-state index in [1.165, 1.54) is 28.2 Å². The topological polar surface area (TPSA) is 105 Å². The van der Waals surface area contributed by atoms with Gasteiger partial charge in [-0.25, -0.2) is 9.10 Å². The van der Waals surface area contributed by atoms with Crippen LogP contribution in [0.25, 0.3) is 0 Å². The van der Waals surface area contributed by atoms with E-state index in [2.05, 4.69) is 0 Å². The average Bonchev–Trinajstić information content (AvgIpc) is 3.43. The number of rotatable bonds is 6. The third-order valence-corrected chi connectivity index (χ3v) is 6.98. The van der Waals surface area contributed by atoms with Crippen molar-refractivity contribution < 1.29 is 23.9 Å². The number of carbonyl (C=O) groups excluding carboxylic acids is 3. The van der Waals surface area contributed by atoms with E-state index in [1.54, 1.807) is 29.0 Å². The molecule has 0 unspecified atom stereocenters. The maximum atomic E-state index is 12.4. The predicted octanol–water partition coefficient (Wildman–Crippen LogP) is 2.77. The number of hydrogen-bond donors (Lipinski definition) is 1. The van der Waals surface area contributed by atoms with Crippen LogP contribution in [0.15, 0.2) is 30.3 Å². The molecule has 4 rings (SSSR count). The maximum absolute atomic E-state index is 12.4. The van der Waals surface area contributed by atoms with Crippen molar-refractivity contribution in [3.8, 4) is 5.75 Å². The zero-order valence-electron chi connectivity index (χ0n) is 18.9. The number of benzene rings is 1. The van der Waals surface area contributed by atoms with E-state index in [0.717, 1.165) is 23.4 Å². The van der Waals surface area contributed by atoms with Crippen LogP contribution in [0.4, 0.5) is 16.2 Å². The Kier molecular flexibility index (Phi) is 8.73. The number of amides is 2. The number of nitrogens with two attached hydrogens (primary N) is 1. The highest BCUT2D eigenvalue weighted by atomic mass is 32.2. The molecule has 0 spiro atoms. The predicted molar refractivity (Wildman–Crippen MR) is 132 cm³/mol. The van der Waals surface area contributed by atoms with Gasteiger partial charge in [0.05, 0.1) is 30.8 Å². The Labute approximate surface area is 201 Å². The van der Waals surface area contributed by atoms with Crippen molar-refractivity contribution in [1.29, 1.82) is 0 Å². The molecule has 2 aromatic rings. The normalized spacial score (nSPS) is 18.6. The highest BCUT2D eigenvalue weighted by Gasteiger charge is 2.33. The van der Waals surface area contributed by atoms with Crippen LogP contribution in [0.3, 0.4) is 0 Å². The number of nitrogens with zero attached hydrogens (tertiary/aromatic N) is 3. The van der Waals surface area contributed by atoms with Crippen LogP contribution in [0.2, 0.25) is 0 Å². The molecule has 1 aromatic carbocycles. The number of hydrogen-bond acceptors (Lipinski definition) is 9. The zero-order valence-corrected chi connectivity index (χ0v) is 20.5. The molecule has 2 aliphatic rings. The number of piperazine rings is 1. The van der Waals surface area contributed by atoms with Gasteiger partial charge in [-0.15, -0.1) is 11.3 Å². The molecule has 2 amide bonds. The molecule has 1 aromatic heterocycles. The van der Waals surface area contributed by atoms with E-state index in [1.807, 2.05) is 35.7 Å². The summed E-state index contributed by atoms with van der Waals surface area (Å²) in [6.45, 7) is 4.43. The number of ether oxygens (including phenoxy) is 2. The molecular formula is C22H28N4O5S2. The Hall–Kier alpha value is -2.60. The quantitative estimate of drug-likeness (QED) is 0.485. The molecule has 0 radical (unpaired) electrons. The summed E-state index contributed by atoms with van der Waals surface area (Å²) in [5, 5.41) is 0. The van der Waals surface area contributed by atoms with E-state index in [4.69, 9.17) is 15.2 Å². The Morgan fingerprint density at radius 1 is 1.24 bits per heavy atom. The van der Waals surface area contributed by atoms with Gasteiger partial charge in [0.2, 0.25) is 5.91 Å². The number of thiophene rings is 1. The highest BCUT2D eigenvalue weighted by Crippen LogP contribution is 2.35. The summed E-state index contributed by atoms with van der Waals surface area (Å²) in [4.78, 5) is 39.7. The van der Waals surface area contributed by atoms with E-state index >= 15 is 0 Å². The molecule has 11 heteroatoms. The fourth-order valence-electron chi connectivity index (χ4n) is 3.50. The molecule has 0 saturated carbocycles. The van der Waals surface area contributed by atoms with Crippen LogP contribution in [0.1, 0.15) is 14.5 Å². The van der Waals surface area contributed by atoms with Gasteiger partial charge in [0.1, 0.15) is 11.9 Å². The van der Waals surface area contributed by atoms with Crippen molar-refractivity contribution in [2.24, 2.45) is 5.73 Å². The van der Waals surface area contributed by atoms with Gasteiger partial charge in [0.15, 0.2) is 6.29 Å². The van der Waals surface area contributed by atoms with Gasteiger partial charge in [-0.3, -0.25) is 14.5 Å². The lowest BCUT2D eigenvalue weighted by molar-refractivity contribution is -0.119. The van der Waals surface area contributed by atoms with Gasteiger partial charge in [-0.2, -0.15) is 0 Å². The standard InChI is InChI=1S/C16H22N4O4S.C6H6OS/c1-23-14-7-11(19-6-5-18(25-2)10-15(19)21)3-4-13(14)20-9-12(8-17)24-16(20)22;1-5-2-3-6(4-7)8-5/h3-4,7,12H,5-6,8-10,17H2,1-2H3;2-4H,1H3/t12-;/m0./s1. The van der Waals surface area contributed by atoms with Gasteiger partial charge in [-0.05, 0) is 37.4 Å². The molecular weight excluding hydrogens is 464 g/mol. The van der Waals surface area contributed by atoms with Crippen molar-refractivity contribution in [2.45, 2.75) is 13.0 Å². The maximum Gasteiger partial charge on any atom is 0.414 e. The second-order valence-corrected chi connectivity index (χ2v) is 9.57. The molecule has 0 aliphatic carbocycles. The minimum absolute atomic E-state index is 0.0409. The van der Waals surface area contributed by atoms with Gasteiger partial charge in [-0.1, -0.05) is 11.9 Å². The smallest absolute Gasteiger partial charge is 0.414 e. The van der Waals surface area contributed by atoms with Crippen molar-refractivity contribution in [2.75, 3.05) is 55.9 Å². The number of methoxy groups -OCH3 is 1. The van der Waals surface area contributed by atoms with Gasteiger partial charge in [0, 0.05) is 36.3 Å². The second-order valence-electron chi connectivity index (χ2n) is 7.37. The Bertz CT molecular complexity index is 999. The molecule has 0 bridgehead atoms. The molecule has 9 nitrogen and oxygen atoms in total. The Morgan fingerprint density at radius 2 is 2.03 bits per heavy atom. The third kappa shape index (κ3) is 6.05. The van der Waals surface area contributed by atoms with Gasteiger partial charge in [0.25, 0.3) is 0 Å². The van der Waals surface area contributed by atoms with Crippen LogP contribution in [0, 0.1) is 6.92 Å². The summed E-state index contributed by atoms with van der Waals surface area (Å²) < 4.78 is 12.7. The van der Waals surface area contributed by atoms with E-state index < -0.39 is 6.09 Å². The number of cyclic esters (lactones) is 1. The lowest BCUT2D eigenvalue weighted by Crippen LogP contribution is -2.47. The summed E-state index contributed by atoms with van der Waals surface area (Å²) in [7, 11) is 1.54. The van der Waals surface area contributed by atoms with Crippen molar-refractivity contribution in [1.82, 2.24) is 4.31 Å². The summed E-state index contributed by atoms with van der Waals surface area (Å²) in [6.07, 6.45) is 2.08. The summed E-state index contributed by atoms with van der Waals surface area (Å²) in [5.41, 5.74) is 6.95. The van der Waals surface area contributed by atoms with Gasteiger partial charge < -0.3 is 20.1 Å². The SMILES string of the molecule is COc1cc(N2CCN(SC)CC2=O)ccc1N1C[C@H](CN)OC1=O.Cc1ccc(C=O)s1. The molecule has 2 aliphatic heterocycles. The number of anilines is 2. The summed E-state index contributed by atoms with van der Waals surface area (Å²) >= 11 is 3.09.